The standard InChI is InChI=1S/C16H18F3N3O2/c1-2-24-15(23)21-13-4-3-7-22(10-13)14-6-5-12(16(17,18)19)8-11(14)9-20/h5-6,8,13H,2-4,7,10H2,1H3,(H,21,23). The Balaban J connectivity index is 2.16. The van der Waals surface area contributed by atoms with Crippen LogP contribution in [0.3, 0.4) is 0 Å². The van der Waals surface area contributed by atoms with Gasteiger partial charge in [0.2, 0.25) is 0 Å². The highest BCUT2D eigenvalue weighted by atomic mass is 19.4. The smallest absolute Gasteiger partial charge is 0.416 e. The van der Waals surface area contributed by atoms with Crippen molar-refractivity contribution in [3.05, 3.63) is 29.3 Å². The van der Waals surface area contributed by atoms with Crippen LogP contribution in [0.15, 0.2) is 18.2 Å². The first-order valence-corrected chi connectivity index (χ1v) is 7.64. The summed E-state index contributed by atoms with van der Waals surface area (Å²) in [5.41, 5.74) is -0.427. The Labute approximate surface area is 138 Å². The van der Waals surface area contributed by atoms with Crippen molar-refractivity contribution in [1.29, 1.82) is 5.26 Å². The van der Waals surface area contributed by atoms with Crippen LogP contribution in [0.25, 0.3) is 0 Å². The molecular weight excluding hydrogens is 323 g/mol. The second-order valence-electron chi connectivity index (χ2n) is 5.49. The van der Waals surface area contributed by atoms with Gasteiger partial charge in [-0.1, -0.05) is 0 Å². The first-order valence-electron chi connectivity index (χ1n) is 7.64. The van der Waals surface area contributed by atoms with Crippen LogP contribution in [0.2, 0.25) is 0 Å². The van der Waals surface area contributed by atoms with E-state index in [4.69, 9.17) is 4.74 Å². The number of alkyl halides is 3. The third kappa shape index (κ3) is 4.31. The molecule has 8 heteroatoms. The second-order valence-corrected chi connectivity index (χ2v) is 5.49. The number of rotatable bonds is 3. The van der Waals surface area contributed by atoms with Crippen LogP contribution in [-0.4, -0.2) is 31.8 Å². The van der Waals surface area contributed by atoms with Crippen molar-refractivity contribution in [2.24, 2.45) is 0 Å². The summed E-state index contributed by atoms with van der Waals surface area (Å²) in [7, 11) is 0. The van der Waals surface area contributed by atoms with E-state index in [-0.39, 0.29) is 18.2 Å². The number of halogens is 3. The molecule has 1 heterocycles. The average molecular weight is 341 g/mol. The quantitative estimate of drug-likeness (QED) is 0.916. The van der Waals surface area contributed by atoms with Gasteiger partial charge < -0.3 is 15.0 Å². The third-order valence-electron chi connectivity index (χ3n) is 3.80. The van der Waals surface area contributed by atoms with Gasteiger partial charge in [-0.15, -0.1) is 0 Å². The number of nitrogens with zero attached hydrogens (tertiary/aromatic N) is 2. The Kier molecular flexibility index (Phi) is 5.54. The van der Waals surface area contributed by atoms with Gasteiger partial charge in [-0.25, -0.2) is 4.79 Å². The number of benzene rings is 1. The number of nitrogens with one attached hydrogen (secondary N) is 1. The molecule has 1 aliphatic rings. The van der Waals surface area contributed by atoms with E-state index in [0.29, 0.717) is 18.8 Å². The van der Waals surface area contributed by atoms with Crippen LogP contribution >= 0.6 is 0 Å². The Morgan fingerprint density at radius 3 is 2.88 bits per heavy atom. The van der Waals surface area contributed by atoms with Gasteiger partial charge in [0.1, 0.15) is 6.07 Å². The molecule has 0 spiro atoms. The highest BCUT2D eigenvalue weighted by molar-refractivity contribution is 5.68. The predicted molar refractivity (Wildman–Crippen MR) is 81.6 cm³/mol. The summed E-state index contributed by atoms with van der Waals surface area (Å²) in [6, 6.07) is 4.80. The molecule has 1 saturated heterocycles. The van der Waals surface area contributed by atoms with Gasteiger partial charge in [-0.05, 0) is 38.0 Å². The van der Waals surface area contributed by atoms with Crippen molar-refractivity contribution in [3.8, 4) is 6.07 Å². The van der Waals surface area contributed by atoms with E-state index in [9.17, 15) is 23.2 Å². The summed E-state index contributed by atoms with van der Waals surface area (Å²) < 4.78 is 43.2. The molecule has 1 unspecified atom stereocenters. The highest BCUT2D eigenvalue weighted by Crippen LogP contribution is 2.33. The van der Waals surface area contributed by atoms with Crippen LogP contribution in [0, 0.1) is 11.3 Å². The second kappa shape index (κ2) is 7.43. The van der Waals surface area contributed by atoms with Gasteiger partial charge in [0.25, 0.3) is 0 Å². The predicted octanol–water partition coefficient (Wildman–Crippen LogP) is 3.29. The van der Waals surface area contributed by atoms with Crippen molar-refractivity contribution in [3.63, 3.8) is 0 Å². The molecule has 2 rings (SSSR count). The molecule has 1 aromatic carbocycles. The number of alkyl carbamates (subject to hydrolysis) is 1. The molecule has 0 saturated carbocycles. The lowest BCUT2D eigenvalue weighted by molar-refractivity contribution is -0.137. The van der Waals surface area contributed by atoms with Gasteiger partial charge in [0.05, 0.1) is 23.4 Å². The van der Waals surface area contributed by atoms with Crippen LogP contribution in [0.1, 0.15) is 30.9 Å². The van der Waals surface area contributed by atoms with Crippen LogP contribution in [0.5, 0.6) is 0 Å². The molecule has 0 aliphatic carbocycles. The van der Waals surface area contributed by atoms with Crippen molar-refractivity contribution in [2.75, 3.05) is 24.6 Å². The van der Waals surface area contributed by atoms with E-state index in [1.54, 1.807) is 6.92 Å². The number of amides is 1. The van der Waals surface area contributed by atoms with Crippen LogP contribution < -0.4 is 10.2 Å². The molecule has 0 aromatic heterocycles. The monoisotopic (exact) mass is 341 g/mol. The van der Waals surface area contributed by atoms with E-state index in [1.165, 1.54) is 6.07 Å². The zero-order valence-electron chi connectivity index (χ0n) is 13.2. The maximum absolute atomic E-state index is 12.8. The molecule has 1 atom stereocenters. The summed E-state index contributed by atoms with van der Waals surface area (Å²) in [6.07, 6.45) is -3.50. The highest BCUT2D eigenvalue weighted by Gasteiger charge is 2.32. The van der Waals surface area contributed by atoms with Crippen LogP contribution in [0.4, 0.5) is 23.7 Å². The zero-order chi connectivity index (χ0) is 17.7. The summed E-state index contributed by atoms with van der Waals surface area (Å²) in [5.74, 6) is 0. The topological polar surface area (TPSA) is 65.4 Å². The molecule has 1 aliphatic heterocycles. The fraction of sp³-hybridized carbons (Fsp3) is 0.500. The lowest BCUT2D eigenvalue weighted by atomic mass is 10.0. The summed E-state index contributed by atoms with van der Waals surface area (Å²) in [4.78, 5) is 13.3. The minimum absolute atomic E-state index is 0.0263. The third-order valence-corrected chi connectivity index (χ3v) is 3.80. The van der Waals surface area contributed by atoms with E-state index in [2.05, 4.69) is 5.32 Å². The Hall–Kier alpha value is -2.43. The number of hydrogen-bond donors (Lipinski definition) is 1. The van der Waals surface area contributed by atoms with Gasteiger partial charge >= 0.3 is 12.3 Å². The molecule has 1 aromatic rings. The van der Waals surface area contributed by atoms with Gasteiger partial charge in [0, 0.05) is 19.1 Å². The lowest BCUT2D eigenvalue weighted by Gasteiger charge is -2.35. The largest absolute Gasteiger partial charge is 0.450 e. The molecule has 5 nitrogen and oxygen atoms in total. The fourth-order valence-corrected chi connectivity index (χ4v) is 2.73. The number of carbonyl (C=O) groups is 1. The lowest BCUT2D eigenvalue weighted by Crippen LogP contribution is -2.48. The number of nitriles is 1. The Morgan fingerprint density at radius 2 is 2.25 bits per heavy atom. The molecule has 24 heavy (non-hydrogen) atoms. The average Bonchev–Trinajstić information content (AvgIpc) is 2.53. The molecule has 0 bridgehead atoms. The van der Waals surface area contributed by atoms with E-state index < -0.39 is 17.8 Å². The maximum Gasteiger partial charge on any atom is 0.416 e. The molecule has 1 fully saturated rings. The maximum atomic E-state index is 12.8. The van der Waals surface area contributed by atoms with Gasteiger partial charge in [-0.2, -0.15) is 18.4 Å². The van der Waals surface area contributed by atoms with Crippen molar-refractivity contribution < 1.29 is 22.7 Å². The van der Waals surface area contributed by atoms with Gasteiger partial charge in [-0.3, -0.25) is 0 Å². The summed E-state index contributed by atoms with van der Waals surface area (Å²) in [5, 5.41) is 11.9. The minimum atomic E-state index is -4.49. The normalized spacial score (nSPS) is 18.0. The number of hydrogen-bond acceptors (Lipinski definition) is 4. The SMILES string of the molecule is CCOC(=O)NC1CCCN(c2ccc(C(F)(F)F)cc2C#N)C1. The summed E-state index contributed by atoms with van der Waals surface area (Å²) >= 11 is 0. The Morgan fingerprint density at radius 1 is 1.50 bits per heavy atom. The van der Waals surface area contributed by atoms with E-state index in [0.717, 1.165) is 25.0 Å². The minimum Gasteiger partial charge on any atom is -0.450 e. The zero-order valence-corrected chi connectivity index (χ0v) is 13.2. The molecule has 0 radical (unpaired) electrons. The van der Waals surface area contributed by atoms with E-state index in [1.807, 2.05) is 11.0 Å². The molecule has 1 N–H and O–H groups in total. The fourth-order valence-electron chi connectivity index (χ4n) is 2.73. The van der Waals surface area contributed by atoms with E-state index >= 15 is 0 Å². The van der Waals surface area contributed by atoms with Crippen molar-refractivity contribution in [2.45, 2.75) is 32.0 Å². The van der Waals surface area contributed by atoms with Gasteiger partial charge in [0.15, 0.2) is 0 Å². The molecule has 1 amide bonds. The molecule has 130 valence electrons. The van der Waals surface area contributed by atoms with Crippen molar-refractivity contribution >= 4 is 11.8 Å². The number of piperidine rings is 1. The molecular formula is C16H18F3N3O2. The Bertz CT molecular complexity index is 640. The summed E-state index contributed by atoms with van der Waals surface area (Å²) in [6.45, 7) is 2.99. The number of anilines is 1. The number of ether oxygens (including phenoxy) is 1. The number of carbonyl (C=O) groups excluding carboxylic acids is 1. The van der Waals surface area contributed by atoms with Crippen LogP contribution in [-0.2, 0) is 10.9 Å². The first kappa shape index (κ1) is 17.9. The van der Waals surface area contributed by atoms with Crippen molar-refractivity contribution in [1.82, 2.24) is 5.32 Å². The first-order chi connectivity index (χ1) is 11.3.